The summed E-state index contributed by atoms with van der Waals surface area (Å²) < 4.78 is 13.7. The van der Waals surface area contributed by atoms with E-state index in [1.165, 1.54) is 18.9 Å². The van der Waals surface area contributed by atoms with Crippen molar-refractivity contribution in [2.75, 3.05) is 7.05 Å². The normalized spacial score (nSPS) is 31.5. The van der Waals surface area contributed by atoms with Crippen molar-refractivity contribution in [3.8, 4) is 0 Å². The molecule has 1 N–H and O–H groups in total. The van der Waals surface area contributed by atoms with Crippen LogP contribution < -0.4 is 0 Å². The quantitative estimate of drug-likeness (QED) is 0.911. The maximum atomic E-state index is 13.2. The molecule has 2 saturated heterocycles. The summed E-state index contributed by atoms with van der Waals surface area (Å²) in [4.78, 5) is 2.48. The van der Waals surface area contributed by atoms with Gasteiger partial charge in [0.2, 0.25) is 0 Å². The second-order valence-electron chi connectivity index (χ2n) is 6.30. The third-order valence-electron chi connectivity index (χ3n) is 5.11. The van der Waals surface area contributed by atoms with Crippen molar-refractivity contribution in [3.63, 3.8) is 0 Å². The third kappa shape index (κ3) is 2.78. The van der Waals surface area contributed by atoms with E-state index in [2.05, 4.69) is 27.9 Å². The van der Waals surface area contributed by atoms with Crippen LogP contribution >= 0.6 is 15.9 Å². The molecule has 1 aromatic carbocycles. The molecular formula is C16H21BrFNO. The topological polar surface area (TPSA) is 23.5 Å². The van der Waals surface area contributed by atoms with Gasteiger partial charge < -0.3 is 10.0 Å². The molecule has 2 nitrogen and oxygen atoms in total. The maximum Gasteiger partial charge on any atom is 0.137 e. The molecule has 2 heterocycles. The fourth-order valence-electron chi connectivity index (χ4n) is 3.84. The second-order valence-corrected chi connectivity index (χ2v) is 7.16. The van der Waals surface area contributed by atoms with Gasteiger partial charge in [0, 0.05) is 12.1 Å². The predicted octanol–water partition coefficient (Wildman–Crippen LogP) is 3.36. The Morgan fingerprint density at radius 2 is 2.00 bits per heavy atom. The summed E-state index contributed by atoms with van der Waals surface area (Å²) in [6.07, 6.45) is 5.03. The highest BCUT2D eigenvalue weighted by Crippen LogP contribution is 2.39. The van der Waals surface area contributed by atoms with E-state index in [1.807, 2.05) is 0 Å². The van der Waals surface area contributed by atoms with Gasteiger partial charge in [-0.15, -0.1) is 0 Å². The third-order valence-corrected chi connectivity index (χ3v) is 5.72. The first-order valence-corrected chi connectivity index (χ1v) is 8.18. The Morgan fingerprint density at radius 3 is 2.60 bits per heavy atom. The molecule has 0 amide bonds. The van der Waals surface area contributed by atoms with Gasteiger partial charge >= 0.3 is 0 Å². The predicted molar refractivity (Wildman–Crippen MR) is 81.1 cm³/mol. The lowest BCUT2D eigenvalue weighted by atomic mass is 9.84. The summed E-state index contributed by atoms with van der Waals surface area (Å²) in [5, 5.41) is 10.5. The van der Waals surface area contributed by atoms with Gasteiger partial charge in [-0.2, -0.15) is 0 Å². The second kappa shape index (κ2) is 5.74. The van der Waals surface area contributed by atoms with Crippen molar-refractivity contribution in [1.82, 2.24) is 4.90 Å². The van der Waals surface area contributed by atoms with Crippen LogP contribution in [0.2, 0.25) is 0 Å². The number of rotatable bonds is 3. The Morgan fingerprint density at radius 1 is 1.35 bits per heavy atom. The Kier molecular flexibility index (Phi) is 4.16. The molecule has 3 unspecified atom stereocenters. The Balaban J connectivity index is 1.65. The molecular weight excluding hydrogens is 321 g/mol. The highest BCUT2D eigenvalue weighted by Gasteiger charge is 2.40. The van der Waals surface area contributed by atoms with Crippen molar-refractivity contribution in [1.29, 1.82) is 0 Å². The summed E-state index contributed by atoms with van der Waals surface area (Å²) in [6, 6.07) is 6.31. The van der Waals surface area contributed by atoms with E-state index in [9.17, 15) is 9.50 Å². The van der Waals surface area contributed by atoms with Crippen molar-refractivity contribution in [2.45, 2.75) is 50.3 Å². The zero-order valence-corrected chi connectivity index (χ0v) is 13.3. The number of aliphatic hydroxyl groups excluding tert-OH is 1. The van der Waals surface area contributed by atoms with Gasteiger partial charge in [0.05, 0.1) is 10.6 Å². The molecule has 4 heteroatoms. The van der Waals surface area contributed by atoms with Gasteiger partial charge in [0.25, 0.3) is 0 Å². The van der Waals surface area contributed by atoms with E-state index < -0.39 is 0 Å². The Bertz CT molecular complexity index is 481. The van der Waals surface area contributed by atoms with E-state index in [1.54, 1.807) is 12.1 Å². The largest absolute Gasteiger partial charge is 0.392 e. The molecule has 0 spiro atoms. The molecule has 20 heavy (non-hydrogen) atoms. The van der Waals surface area contributed by atoms with E-state index in [0.717, 1.165) is 18.4 Å². The van der Waals surface area contributed by atoms with Crippen LogP contribution in [0.15, 0.2) is 22.7 Å². The van der Waals surface area contributed by atoms with Crippen LogP contribution in [0.5, 0.6) is 0 Å². The van der Waals surface area contributed by atoms with Crippen molar-refractivity contribution < 1.29 is 9.50 Å². The van der Waals surface area contributed by atoms with Crippen LogP contribution in [0.1, 0.15) is 31.2 Å². The van der Waals surface area contributed by atoms with Gasteiger partial charge in [-0.25, -0.2) is 4.39 Å². The van der Waals surface area contributed by atoms with Crippen LogP contribution in [-0.4, -0.2) is 35.2 Å². The molecule has 110 valence electrons. The highest BCUT2D eigenvalue weighted by atomic mass is 79.9. The summed E-state index contributed by atoms with van der Waals surface area (Å²) in [7, 11) is 2.21. The summed E-state index contributed by atoms with van der Waals surface area (Å²) >= 11 is 3.21. The van der Waals surface area contributed by atoms with Crippen LogP contribution in [0.25, 0.3) is 0 Å². The molecule has 3 atom stereocenters. The average Bonchev–Trinajstić information content (AvgIpc) is 2.65. The first-order valence-electron chi connectivity index (χ1n) is 7.38. The number of piperidine rings is 1. The Hall–Kier alpha value is -0.450. The van der Waals surface area contributed by atoms with Gasteiger partial charge in [-0.1, -0.05) is 6.07 Å². The fourth-order valence-corrected chi connectivity index (χ4v) is 4.27. The number of hydrogen-bond acceptors (Lipinski definition) is 2. The number of aliphatic hydroxyl groups is 1. The van der Waals surface area contributed by atoms with Gasteiger partial charge in [-0.05, 0) is 78.7 Å². The minimum absolute atomic E-state index is 0.249. The number of halogens is 2. The monoisotopic (exact) mass is 341 g/mol. The zero-order valence-electron chi connectivity index (χ0n) is 11.7. The van der Waals surface area contributed by atoms with E-state index in [-0.39, 0.29) is 11.9 Å². The maximum absolute atomic E-state index is 13.2. The summed E-state index contributed by atoms with van der Waals surface area (Å²) in [5.74, 6) is 0.133. The molecule has 2 aliphatic heterocycles. The molecule has 1 aromatic rings. The highest BCUT2D eigenvalue weighted by molar-refractivity contribution is 9.10. The fraction of sp³-hybridized carbons (Fsp3) is 0.625. The van der Waals surface area contributed by atoms with E-state index in [0.29, 0.717) is 28.9 Å². The first-order chi connectivity index (χ1) is 9.54. The lowest BCUT2D eigenvalue weighted by molar-refractivity contribution is 0.0368. The number of fused-ring (bicyclic) bond motifs is 2. The van der Waals surface area contributed by atoms with E-state index in [4.69, 9.17) is 0 Å². The number of hydrogen-bond donors (Lipinski definition) is 1. The summed E-state index contributed by atoms with van der Waals surface area (Å²) in [5.41, 5.74) is 0.997. The average molecular weight is 342 g/mol. The first kappa shape index (κ1) is 14.5. The Labute approximate surface area is 128 Å². The molecule has 2 aliphatic rings. The summed E-state index contributed by atoms with van der Waals surface area (Å²) in [6.45, 7) is 0. The standard InChI is InChI=1S/C16H21BrFNO/c1-19-12-3-4-13(19)9-11(8-12)16(20)7-10-2-5-15(18)14(17)6-10/h2,5-6,11-13,16,20H,3-4,7-9H2,1H3. The number of benzene rings is 1. The SMILES string of the molecule is CN1C2CCC1CC(C(O)Cc1ccc(F)c(Br)c1)C2. The molecule has 0 aromatic heterocycles. The minimum atomic E-state index is -0.316. The van der Waals surface area contributed by atoms with Crippen molar-refractivity contribution in [2.24, 2.45) is 5.92 Å². The lowest BCUT2D eigenvalue weighted by Gasteiger charge is -2.38. The van der Waals surface area contributed by atoms with Crippen LogP contribution in [-0.2, 0) is 6.42 Å². The van der Waals surface area contributed by atoms with Crippen molar-refractivity contribution >= 4 is 15.9 Å². The van der Waals surface area contributed by atoms with Crippen LogP contribution in [0.4, 0.5) is 4.39 Å². The van der Waals surface area contributed by atoms with Crippen LogP contribution in [0.3, 0.4) is 0 Å². The van der Waals surface area contributed by atoms with Gasteiger partial charge in [0.1, 0.15) is 5.82 Å². The molecule has 2 fully saturated rings. The van der Waals surface area contributed by atoms with Crippen LogP contribution in [0, 0.1) is 11.7 Å². The molecule has 2 bridgehead atoms. The lowest BCUT2D eigenvalue weighted by Crippen LogP contribution is -2.43. The molecule has 0 saturated carbocycles. The van der Waals surface area contributed by atoms with Gasteiger partial charge in [0.15, 0.2) is 0 Å². The molecule has 0 aliphatic carbocycles. The smallest absolute Gasteiger partial charge is 0.137 e. The van der Waals surface area contributed by atoms with Gasteiger partial charge in [-0.3, -0.25) is 0 Å². The number of nitrogens with zero attached hydrogens (tertiary/aromatic N) is 1. The molecule has 3 rings (SSSR count). The van der Waals surface area contributed by atoms with E-state index >= 15 is 0 Å². The van der Waals surface area contributed by atoms with Crippen molar-refractivity contribution in [3.05, 3.63) is 34.1 Å². The minimum Gasteiger partial charge on any atom is -0.392 e. The molecule has 0 radical (unpaired) electrons. The zero-order chi connectivity index (χ0) is 14.3.